The molecular formula is C15H23Cl2N5O. The maximum atomic E-state index is 5.46. The first kappa shape index (κ1) is 19.7. The van der Waals surface area contributed by atoms with Gasteiger partial charge in [-0.1, -0.05) is 29.4 Å². The van der Waals surface area contributed by atoms with Gasteiger partial charge in [0.25, 0.3) is 0 Å². The summed E-state index contributed by atoms with van der Waals surface area (Å²) < 4.78 is 5.46. The Bertz CT molecular complexity index is 593. The zero-order valence-electron chi connectivity index (χ0n) is 13.1. The van der Waals surface area contributed by atoms with E-state index in [1.165, 1.54) is 11.1 Å². The van der Waals surface area contributed by atoms with Crippen LogP contribution in [0.1, 0.15) is 17.0 Å². The van der Waals surface area contributed by atoms with Crippen LogP contribution in [0.4, 0.5) is 6.01 Å². The zero-order valence-corrected chi connectivity index (χ0v) is 14.8. The summed E-state index contributed by atoms with van der Waals surface area (Å²) in [6.07, 6.45) is 1.13. The second kappa shape index (κ2) is 9.72. The van der Waals surface area contributed by atoms with E-state index < -0.39 is 0 Å². The van der Waals surface area contributed by atoms with Crippen LogP contribution in [0.2, 0.25) is 0 Å². The number of fused-ring (bicyclic) bond motifs is 1. The zero-order chi connectivity index (χ0) is 14.5. The van der Waals surface area contributed by atoms with Crippen molar-refractivity contribution in [1.29, 1.82) is 0 Å². The molecule has 0 saturated carbocycles. The Morgan fingerprint density at radius 3 is 2.74 bits per heavy atom. The van der Waals surface area contributed by atoms with E-state index in [-0.39, 0.29) is 24.8 Å². The van der Waals surface area contributed by atoms with Gasteiger partial charge in [-0.3, -0.25) is 4.90 Å². The summed E-state index contributed by atoms with van der Waals surface area (Å²) in [7, 11) is 1.85. The molecule has 3 rings (SSSR count). The summed E-state index contributed by atoms with van der Waals surface area (Å²) in [6, 6.07) is 9.18. The van der Waals surface area contributed by atoms with Gasteiger partial charge in [0.1, 0.15) is 0 Å². The van der Waals surface area contributed by atoms with Gasteiger partial charge in [0.2, 0.25) is 5.89 Å². The van der Waals surface area contributed by atoms with Gasteiger partial charge in [-0.05, 0) is 24.6 Å². The molecule has 0 radical (unpaired) electrons. The lowest BCUT2D eigenvalue weighted by molar-refractivity contribution is 0.263. The van der Waals surface area contributed by atoms with Crippen molar-refractivity contribution in [2.45, 2.75) is 19.5 Å². The highest BCUT2D eigenvalue weighted by Gasteiger charge is 2.15. The molecule has 23 heavy (non-hydrogen) atoms. The minimum atomic E-state index is 0. The van der Waals surface area contributed by atoms with Crippen molar-refractivity contribution >= 4 is 30.8 Å². The second-order valence-electron chi connectivity index (χ2n) is 5.25. The normalized spacial score (nSPS) is 13.6. The SMILES string of the molecule is CNCc1nnc(NCCN2CCc3ccccc3C2)o1.Cl.Cl. The molecule has 0 spiro atoms. The van der Waals surface area contributed by atoms with Crippen LogP contribution in [-0.2, 0) is 19.5 Å². The third kappa shape index (κ3) is 5.35. The van der Waals surface area contributed by atoms with Gasteiger partial charge in [0.05, 0.1) is 6.54 Å². The highest BCUT2D eigenvalue weighted by molar-refractivity contribution is 5.85. The van der Waals surface area contributed by atoms with E-state index in [1.807, 2.05) is 7.05 Å². The quantitative estimate of drug-likeness (QED) is 0.823. The molecule has 1 aliphatic rings. The monoisotopic (exact) mass is 359 g/mol. The van der Waals surface area contributed by atoms with E-state index >= 15 is 0 Å². The molecule has 0 atom stereocenters. The topological polar surface area (TPSA) is 66.2 Å². The van der Waals surface area contributed by atoms with Gasteiger partial charge in [-0.2, -0.15) is 0 Å². The fourth-order valence-corrected chi connectivity index (χ4v) is 2.61. The number of nitrogens with zero attached hydrogens (tertiary/aromatic N) is 3. The Kier molecular flexibility index (Phi) is 8.33. The summed E-state index contributed by atoms with van der Waals surface area (Å²) in [5.74, 6) is 0.604. The predicted molar refractivity (Wildman–Crippen MR) is 95.5 cm³/mol. The van der Waals surface area contributed by atoms with E-state index in [0.29, 0.717) is 18.5 Å². The summed E-state index contributed by atoms with van der Waals surface area (Å²) >= 11 is 0. The van der Waals surface area contributed by atoms with E-state index in [9.17, 15) is 0 Å². The van der Waals surface area contributed by atoms with Gasteiger partial charge in [0.15, 0.2) is 0 Å². The largest absolute Gasteiger partial charge is 0.407 e. The molecule has 1 aliphatic heterocycles. The van der Waals surface area contributed by atoms with E-state index in [0.717, 1.165) is 32.6 Å². The first-order chi connectivity index (χ1) is 10.3. The second-order valence-corrected chi connectivity index (χ2v) is 5.25. The summed E-state index contributed by atoms with van der Waals surface area (Å²) in [5.41, 5.74) is 2.92. The van der Waals surface area contributed by atoms with Crippen molar-refractivity contribution in [3.8, 4) is 0 Å². The van der Waals surface area contributed by atoms with Crippen LogP contribution in [0.3, 0.4) is 0 Å². The van der Waals surface area contributed by atoms with E-state index in [1.54, 1.807) is 0 Å². The summed E-state index contributed by atoms with van der Waals surface area (Å²) in [6.45, 7) is 4.50. The number of rotatable bonds is 6. The highest BCUT2D eigenvalue weighted by Crippen LogP contribution is 2.18. The number of anilines is 1. The lowest BCUT2D eigenvalue weighted by Crippen LogP contribution is -2.34. The molecule has 0 bridgehead atoms. The van der Waals surface area contributed by atoms with Gasteiger partial charge in [-0.25, -0.2) is 0 Å². The van der Waals surface area contributed by atoms with Crippen LogP contribution in [-0.4, -0.2) is 41.8 Å². The first-order valence-corrected chi connectivity index (χ1v) is 7.35. The number of hydrogen-bond acceptors (Lipinski definition) is 6. The van der Waals surface area contributed by atoms with Crippen molar-refractivity contribution in [2.75, 3.05) is 32.0 Å². The van der Waals surface area contributed by atoms with Crippen molar-refractivity contribution < 1.29 is 4.42 Å². The number of aromatic nitrogens is 2. The van der Waals surface area contributed by atoms with Crippen LogP contribution in [0.15, 0.2) is 28.7 Å². The molecule has 2 aromatic rings. The minimum Gasteiger partial charge on any atom is -0.407 e. The molecule has 2 heterocycles. The number of hydrogen-bond donors (Lipinski definition) is 2. The molecule has 1 aromatic carbocycles. The van der Waals surface area contributed by atoms with Gasteiger partial charge < -0.3 is 15.1 Å². The average molecular weight is 360 g/mol. The third-order valence-electron chi connectivity index (χ3n) is 3.71. The van der Waals surface area contributed by atoms with Crippen molar-refractivity contribution in [1.82, 2.24) is 20.4 Å². The highest BCUT2D eigenvalue weighted by atomic mass is 35.5. The molecule has 2 N–H and O–H groups in total. The summed E-state index contributed by atoms with van der Waals surface area (Å²) in [5, 5.41) is 14.1. The molecule has 0 fully saturated rings. The molecule has 8 heteroatoms. The maximum Gasteiger partial charge on any atom is 0.315 e. The number of benzene rings is 1. The number of nitrogens with one attached hydrogen (secondary N) is 2. The molecule has 0 aliphatic carbocycles. The lowest BCUT2D eigenvalue weighted by Gasteiger charge is -2.28. The number of halogens is 2. The van der Waals surface area contributed by atoms with Crippen molar-refractivity contribution in [2.24, 2.45) is 0 Å². The molecular weight excluding hydrogens is 337 g/mol. The van der Waals surface area contributed by atoms with Gasteiger partial charge >= 0.3 is 6.01 Å². The van der Waals surface area contributed by atoms with Crippen LogP contribution in [0.5, 0.6) is 0 Å². The fraction of sp³-hybridized carbons (Fsp3) is 0.467. The van der Waals surface area contributed by atoms with Crippen LogP contribution in [0.25, 0.3) is 0 Å². The standard InChI is InChI=1S/C15H21N5O.2ClH/c1-16-10-14-18-19-15(21-14)17-7-9-20-8-6-12-4-2-3-5-13(12)11-20;;/h2-5,16H,6-11H2,1H3,(H,17,19);2*1H. The predicted octanol–water partition coefficient (Wildman–Crippen LogP) is 2.10. The van der Waals surface area contributed by atoms with Crippen LogP contribution >= 0.6 is 24.8 Å². The molecule has 6 nitrogen and oxygen atoms in total. The smallest absolute Gasteiger partial charge is 0.315 e. The molecule has 128 valence electrons. The third-order valence-corrected chi connectivity index (χ3v) is 3.71. The molecule has 1 aromatic heterocycles. The Hall–Kier alpha value is -1.34. The summed E-state index contributed by atoms with van der Waals surface area (Å²) in [4.78, 5) is 2.44. The lowest BCUT2D eigenvalue weighted by atomic mass is 10.00. The van der Waals surface area contributed by atoms with Crippen LogP contribution in [0, 0.1) is 0 Å². The minimum absolute atomic E-state index is 0. The Balaban J connectivity index is 0.00000132. The van der Waals surface area contributed by atoms with Crippen LogP contribution < -0.4 is 10.6 Å². The Labute approximate surface area is 148 Å². The molecule has 0 amide bonds. The first-order valence-electron chi connectivity index (χ1n) is 7.35. The maximum absolute atomic E-state index is 5.46. The Morgan fingerprint density at radius 2 is 1.96 bits per heavy atom. The van der Waals surface area contributed by atoms with Crippen molar-refractivity contribution in [3.05, 3.63) is 41.3 Å². The average Bonchev–Trinajstić information content (AvgIpc) is 2.95. The Morgan fingerprint density at radius 1 is 1.17 bits per heavy atom. The van der Waals surface area contributed by atoms with E-state index in [4.69, 9.17) is 4.42 Å². The van der Waals surface area contributed by atoms with Gasteiger partial charge in [0, 0.05) is 26.2 Å². The van der Waals surface area contributed by atoms with Crippen molar-refractivity contribution in [3.63, 3.8) is 0 Å². The van der Waals surface area contributed by atoms with E-state index in [2.05, 4.69) is 50.0 Å². The fourth-order valence-electron chi connectivity index (χ4n) is 2.61. The molecule has 0 saturated heterocycles. The van der Waals surface area contributed by atoms with Gasteiger partial charge in [-0.15, -0.1) is 29.9 Å². The molecule has 0 unspecified atom stereocenters.